The number of carbonyl (C=O) groups excluding carboxylic acids is 2. The molecule has 0 aromatic carbocycles. The molecule has 3 aromatic heterocycles. The molecule has 1 aliphatic heterocycles. The molecule has 4 heterocycles. The quantitative estimate of drug-likeness (QED) is 0.490. The fraction of sp³-hybridized carbons (Fsp3) is 0.375. The minimum atomic E-state index is -0.522. The van der Waals surface area contributed by atoms with Gasteiger partial charge in [0.05, 0.1) is 5.69 Å². The molecular formula is C24H27BrN6O3. The van der Waals surface area contributed by atoms with Crippen LogP contribution in [0.3, 0.4) is 0 Å². The third kappa shape index (κ3) is 5.80. The maximum absolute atomic E-state index is 12.9. The van der Waals surface area contributed by atoms with Crippen molar-refractivity contribution in [3.8, 4) is 5.82 Å². The van der Waals surface area contributed by atoms with Crippen molar-refractivity contribution in [3.05, 3.63) is 64.7 Å². The number of nitrogens with zero attached hydrogens (tertiary/aromatic N) is 5. The smallest absolute Gasteiger partial charge is 0.410 e. The molecule has 0 unspecified atom stereocenters. The molecule has 1 fully saturated rings. The van der Waals surface area contributed by atoms with E-state index in [9.17, 15) is 9.59 Å². The van der Waals surface area contributed by atoms with Gasteiger partial charge in [0.15, 0.2) is 5.82 Å². The molecule has 9 nitrogen and oxygen atoms in total. The Kier molecular flexibility index (Phi) is 6.97. The van der Waals surface area contributed by atoms with E-state index in [1.54, 1.807) is 34.0 Å². The number of ether oxygens (including phenoxy) is 1. The van der Waals surface area contributed by atoms with Crippen molar-refractivity contribution in [1.82, 2.24) is 24.6 Å². The highest BCUT2D eigenvalue weighted by Crippen LogP contribution is 2.30. The van der Waals surface area contributed by atoms with Gasteiger partial charge in [0.2, 0.25) is 0 Å². The molecule has 0 radical (unpaired) electrons. The van der Waals surface area contributed by atoms with Gasteiger partial charge in [-0.2, -0.15) is 9.78 Å². The molecule has 0 bridgehead atoms. The molecule has 1 aliphatic rings. The van der Waals surface area contributed by atoms with Gasteiger partial charge in [0, 0.05) is 31.3 Å². The number of amides is 2. The van der Waals surface area contributed by atoms with Gasteiger partial charge in [-0.05, 0) is 73.8 Å². The van der Waals surface area contributed by atoms with Gasteiger partial charge in [-0.15, -0.1) is 0 Å². The van der Waals surface area contributed by atoms with Crippen LogP contribution in [0.25, 0.3) is 5.82 Å². The number of anilines is 1. The molecule has 1 saturated heterocycles. The lowest BCUT2D eigenvalue weighted by atomic mass is 9.94. The first-order chi connectivity index (χ1) is 16.2. The molecule has 0 saturated carbocycles. The number of hydrogen-bond acceptors (Lipinski definition) is 6. The molecule has 0 aliphatic carbocycles. The largest absolute Gasteiger partial charge is 0.444 e. The number of piperidine rings is 1. The summed E-state index contributed by atoms with van der Waals surface area (Å²) >= 11 is 3.30. The van der Waals surface area contributed by atoms with Crippen LogP contribution >= 0.6 is 15.9 Å². The van der Waals surface area contributed by atoms with Crippen LogP contribution in [0.5, 0.6) is 0 Å². The van der Waals surface area contributed by atoms with Gasteiger partial charge in [0.1, 0.15) is 21.7 Å². The fourth-order valence-electron chi connectivity index (χ4n) is 3.74. The molecule has 3 aromatic rings. The molecule has 10 heteroatoms. The Morgan fingerprint density at radius 2 is 1.88 bits per heavy atom. The molecule has 178 valence electrons. The van der Waals surface area contributed by atoms with Crippen molar-refractivity contribution in [2.75, 3.05) is 18.4 Å². The summed E-state index contributed by atoms with van der Waals surface area (Å²) < 4.78 is 7.71. The molecule has 34 heavy (non-hydrogen) atoms. The zero-order valence-corrected chi connectivity index (χ0v) is 20.9. The normalized spacial score (nSPS) is 14.6. The number of rotatable bonds is 4. The van der Waals surface area contributed by atoms with Crippen molar-refractivity contribution in [3.63, 3.8) is 0 Å². The number of pyridine rings is 2. The predicted octanol–water partition coefficient (Wildman–Crippen LogP) is 4.79. The van der Waals surface area contributed by atoms with E-state index in [1.165, 1.54) is 0 Å². The van der Waals surface area contributed by atoms with E-state index in [0.717, 1.165) is 18.5 Å². The van der Waals surface area contributed by atoms with Crippen LogP contribution in [0.1, 0.15) is 55.7 Å². The molecule has 0 spiro atoms. The maximum Gasteiger partial charge on any atom is 0.410 e. The molecule has 1 N–H and O–H groups in total. The summed E-state index contributed by atoms with van der Waals surface area (Å²) in [4.78, 5) is 35.6. The van der Waals surface area contributed by atoms with Crippen molar-refractivity contribution < 1.29 is 14.3 Å². The molecular weight excluding hydrogens is 500 g/mol. The first-order valence-electron chi connectivity index (χ1n) is 11.1. The topological polar surface area (TPSA) is 102 Å². The SMILES string of the molecule is CC(C)(C)OC(=O)N1CCC(c2cc(NC(=O)c3cccc(Br)n3)n(-c3ccccn3)n2)CC1. The lowest BCUT2D eigenvalue weighted by Crippen LogP contribution is -2.41. The van der Waals surface area contributed by atoms with E-state index in [4.69, 9.17) is 9.84 Å². The zero-order chi connectivity index (χ0) is 24.3. The van der Waals surface area contributed by atoms with Crippen molar-refractivity contribution >= 4 is 33.7 Å². The summed E-state index contributed by atoms with van der Waals surface area (Å²) in [5.41, 5.74) is 0.605. The Labute approximate surface area is 206 Å². The summed E-state index contributed by atoms with van der Waals surface area (Å²) in [7, 11) is 0. The van der Waals surface area contributed by atoms with Crippen LogP contribution in [-0.2, 0) is 4.74 Å². The first kappa shape index (κ1) is 23.9. The number of likely N-dealkylation sites (tertiary alicyclic amines) is 1. The van der Waals surface area contributed by atoms with E-state index in [0.29, 0.717) is 29.3 Å². The van der Waals surface area contributed by atoms with Crippen molar-refractivity contribution in [2.24, 2.45) is 0 Å². The molecule has 2 amide bonds. The van der Waals surface area contributed by atoms with Gasteiger partial charge in [-0.3, -0.25) is 4.79 Å². The fourth-order valence-corrected chi connectivity index (χ4v) is 4.08. The molecule has 4 rings (SSSR count). The lowest BCUT2D eigenvalue weighted by Gasteiger charge is -2.32. The number of carbonyl (C=O) groups is 2. The monoisotopic (exact) mass is 526 g/mol. The Balaban J connectivity index is 1.53. The number of nitrogens with one attached hydrogen (secondary N) is 1. The van der Waals surface area contributed by atoms with Crippen LogP contribution in [0.4, 0.5) is 10.6 Å². The number of halogens is 1. The van der Waals surface area contributed by atoms with Gasteiger partial charge in [0.25, 0.3) is 5.91 Å². The van der Waals surface area contributed by atoms with Crippen molar-refractivity contribution in [2.45, 2.75) is 45.1 Å². The lowest BCUT2D eigenvalue weighted by molar-refractivity contribution is 0.0204. The van der Waals surface area contributed by atoms with E-state index in [-0.39, 0.29) is 23.6 Å². The first-order valence-corrected chi connectivity index (χ1v) is 11.9. The maximum atomic E-state index is 12.9. The standard InChI is InChI=1S/C24H27BrN6O3/c1-24(2,3)34-23(33)30-13-10-16(11-14-30)18-15-21(31(29-18)20-9-4-5-12-26-20)28-22(32)17-7-6-8-19(25)27-17/h4-9,12,15-16H,10-11,13-14H2,1-3H3,(H,28,32). The Bertz CT molecular complexity index is 1170. The summed E-state index contributed by atoms with van der Waals surface area (Å²) in [5, 5.41) is 7.69. The third-order valence-corrected chi connectivity index (χ3v) is 5.79. The van der Waals surface area contributed by atoms with E-state index in [1.807, 2.05) is 45.0 Å². The second kappa shape index (κ2) is 9.92. The van der Waals surface area contributed by atoms with Crippen molar-refractivity contribution in [1.29, 1.82) is 0 Å². The zero-order valence-electron chi connectivity index (χ0n) is 19.4. The van der Waals surface area contributed by atoms with Gasteiger partial charge < -0.3 is 15.0 Å². The summed E-state index contributed by atoms with van der Waals surface area (Å²) in [6.07, 6.45) is 2.88. The number of aromatic nitrogens is 4. The van der Waals surface area contributed by atoms with E-state index in [2.05, 4.69) is 31.2 Å². The average Bonchev–Trinajstić information content (AvgIpc) is 3.22. The number of hydrogen-bond donors (Lipinski definition) is 1. The average molecular weight is 527 g/mol. The molecule has 0 atom stereocenters. The van der Waals surface area contributed by atoms with Gasteiger partial charge in [-0.1, -0.05) is 12.1 Å². The van der Waals surface area contributed by atoms with E-state index >= 15 is 0 Å². The van der Waals surface area contributed by atoms with Crippen LogP contribution < -0.4 is 5.32 Å². The van der Waals surface area contributed by atoms with Crippen LogP contribution in [-0.4, -0.2) is 55.3 Å². The minimum Gasteiger partial charge on any atom is -0.444 e. The van der Waals surface area contributed by atoms with Crippen LogP contribution in [0.15, 0.2) is 53.3 Å². The Hall–Kier alpha value is -3.27. The highest BCUT2D eigenvalue weighted by Gasteiger charge is 2.29. The Morgan fingerprint density at radius 3 is 2.53 bits per heavy atom. The minimum absolute atomic E-state index is 0.142. The van der Waals surface area contributed by atoms with E-state index < -0.39 is 5.60 Å². The highest BCUT2D eigenvalue weighted by molar-refractivity contribution is 9.10. The predicted molar refractivity (Wildman–Crippen MR) is 131 cm³/mol. The van der Waals surface area contributed by atoms with Gasteiger partial charge in [-0.25, -0.2) is 14.8 Å². The highest BCUT2D eigenvalue weighted by atomic mass is 79.9. The van der Waals surface area contributed by atoms with Crippen LogP contribution in [0, 0.1) is 0 Å². The van der Waals surface area contributed by atoms with Crippen LogP contribution in [0.2, 0.25) is 0 Å². The summed E-state index contributed by atoms with van der Waals surface area (Å²) in [6, 6.07) is 12.6. The third-order valence-electron chi connectivity index (χ3n) is 5.35. The summed E-state index contributed by atoms with van der Waals surface area (Å²) in [6.45, 7) is 6.75. The Morgan fingerprint density at radius 1 is 1.12 bits per heavy atom. The summed E-state index contributed by atoms with van der Waals surface area (Å²) in [5.74, 6) is 0.903. The second-order valence-electron chi connectivity index (χ2n) is 9.10. The van der Waals surface area contributed by atoms with Gasteiger partial charge >= 0.3 is 6.09 Å². The second-order valence-corrected chi connectivity index (χ2v) is 9.91.